The van der Waals surface area contributed by atoms with Crippen LogP contribution in [0.15, 0.2) is 6.20 Å². The first-order valence-corrected chi connectivity index (χ1v) is 6.27. The van der Waals surface area contributed by atoms with Crippen molar-refractivity contribution in [3.05, 3.63) is 11.9 Å². The van der Waals surface area contributed by atoms with Gasteiger partial charge in [-0.1, -0.05) is 0 Å². The summed E-state index contributed by atoms with van der Waals surface area (Å²) in [6.45, 7) is 5.55. The van der Waals surface area contributed by atoms with Gasteiger partial charge < -0.3 is 10.6 Å². The number of carbonyl (C=O) groups excluding carboxylic acids is 1. The lowest BCUT2D eigenvalue weighted by atomic mass is 10.0. The summed E-state index contributed by atoms with van der Waals surface area (Å²) in [5.74, 6) is 0.0223. The van der Waals surface area contributed by atoms with Gasteiger partial charge in [0.05, 0.1) is 11.9 Å². The third-order valence-corrected chi connectivity index (χ3v) is 3.43. The van der Waals surface area contributed by atoms with Crippen molar-refractivity contribution in [1.82, 2.24) is 14.7 Å². The Morgan fingerprint density at radius 3 is 3.00 bits per heavy atom. The number of nitrogens with two attached hydrogens (primary N) is 1. The molecule has 1 aromatic rings. The van der Waals surface area contributed by atoms with Crippen molar-refractivity contribution >= 4 is 11.6 Å². The Bertz CT molecular complexity index is 413. The standard InChI is InChI=1S/C12H20N4O/c1-3-16-11(10(13)8-14-16)12(17)15-7-5-4-6-9(15)2/h8-9H,3-7,13H2,1-2H3. The van der Waals surface area contributed by atoms with E-state index >= 15 is 0 Å². The molecule has 1 aliphatic heterocycles. The van der Waals surface area contributed by atoms with Crippen LogP contribution in [0.2, 0.25) is 0 Å². The van der Waals surface area contributed by atoms with E-state index in [-0.39, 0.29) is 5.91 Å². The van der Waals surface area contributed by atoms with Crippen LogP contribution in [-0.4, -0.2) is 33.2 Å². The third-order valence-electron chi connectivity index (χ3n) is 3.43. The number of carbonyl (C=O) groups is 1. The van der Waals surface area contributed by atoms with Gasteiger partial charge in [-0.05, 0) is 33.1 Å². The lowest BCUT2D eigenvalue weighted by Crippen LogP contribution is -2.43. The van der Waals surface area contributed by atoms with E-state index in [2.05, 4.69) is 12.0 Å². The summed E-state index contributed by atoms with van der Waals surface area (Å²) in [6.07, 6.45) is 4.92. The molecule has 0 radical (unpaired) electrons. The predicted octanol–water partition coefficient (Wildman–Crippen LogP) is 1.50. The van der Waals surface area contributed by atoms with Crippen LogP contribution in [-0.2, 0) is 6.54 Å². The van der Waals surface area contributed by atoms with Crippen LogP contribution in [0.1, 0.15) is 43.6 Å². The summed E-state index contributed by atoms with van der Waals surface area (Å²) >= 11 is 0. The van der Waals surface area contributed by atoms with Crippen molar-refractivity contribution < 1.29 is 4.79 Å². The molecule has 1 fully saturated rings. The highest BCUT2D eigenvalue weighted by molar-refractivity contribution is 5.97. The van der Waals surface area contributed by atoms with Crippen LogP contribution in [0, 0.1) is 0 Å². The van der Waals surface area contributed by atoms with Crippen molar-refractivity contribution in [3.8, 4) is 0 Å². The van der Waals surface area contributed by atoms with Gasteiger partial charge in [-0.25, -0.2) is 0 Å². The molecule has 0 aromatic carbocycles. The van der Waals surface area contributed by atoms with E-state index in [9.17, 15) is 4.79 Å². The minimum absolute atomic E-state index is 0.0223. The van der Waals surface area contributed by atoms with Crippen molar-refractivity contribution in [2.45, 2.75) is 45.7 Å². The summed E-state index contributed by atoms with van der Waals surface area (Å²) in [5, 5.41) is 4.12. The molecule has 1 aromatic heterocycles. The largest absolute Gasteiger partial charge is 0.396 e. The lowest BCUT2D eigenvalue weighted by molar-refractivity contribution is 0.0624. The normalized spacial score (nSPS) is 20.6. The molecule has 1 amide bonds. The van der Waals surface area contributed by atoms with E-state index in [4.69, 9.17) is 5.73 Å². The number of nitrogens with zero attached hydrogens (tertiary/aromatic N) is 3. The quantitative estimate of drug-likeness (QED) is 0.846. The number of hydrogen-bond donors (Lipinski definition) is 1. The molecular formula is C12H20N4O. The molecule has 0 bridgehead atoms. The van der Waals surface area contributed by atoms with Crippen molar-refractivity contribution in [3.63, 3.8) is 0 Å². The van der Waals surface area contributed by atoms with Gasteiger partial charge >= 0.3 is 0 Å². The molecule has 94 valence electrons. The first-order valence-electron chi connectivity index (χ1n) is 6.27. The second kappa shape index (κ2) is 4.77. The smallest absolute Gasteiger partial charge is 0.274 e. The Labute approximate surface area is 102 Å². The lowest BCUT2D eigenvalue weighted by Gasteiger charge is -2.33. The van der Waals surface area contributed by atoms with Gasteiger partial charge in [0.1, 0.15) is 5.69 Å². The molecule has 2 N–H and O–H groups in total. The first kappa shape index (κ1) is 12.0. The Morgan fingerprint density at radius 1 is 1.59 bits per heavy atom. The molecule has 1 saturated heterocycles. The fraction of sp³-hybridized carbons (Fsp3) is 0.667. The van der Waals surface area contributed by atoms with Gasteiger partial charge in [-0.2, -0.15) is 5.10 Å². The van der Waals surface area contributed by atoms with Gasteiger partial charge in [0.15, 0.2) is 0 Å². The van der Waals surface area contributed by atoms with Crippen LogP contribution >= 0.6 is 0 Å². The fourth-order valence-electron chi connectivity index (χ4n) is 2.41. The van der Waals surface area contributed by atoms with Crippen LogP contribution < -0.4 is 5.73 Å². The highest BCUT2D eigenvalue weighted by atomic mass is 16.2. The highest BCUT2D eigenvalue weighted by Gasteiger charge is 2.27. The van der Waals surface area contributed by atoms with Crippen LogP contribution in [0.3, 0.4) is 0 Å². The molecule has 2 heterocycles. The van der Waals surface area contributed by atoms with E-state index in [1.165, 1.54) is 6.42 Å². The SMILES string of the molecule is CCn1ncc(N)c1C(=O)N1CCCCC1C. The Kier molecular flexibility index (Phi) is 3.36. The molecule has 5 heteroatoms. The Balaban J connectivity index is 2.26. The number of likely N-dealkylation sites (tertiary alicyclic amines) is 1. The maximum absolute atomic E-state index is 12.5. The molecule has 0 saturated carbocycles. The maximum Gasteiger partial charge on any atom is 0.274 e. The number of anilines is 1. The molecule has 1 atom stereocenters. The van der Waals surface area contributed by atoms with Crippen LogP contribution in [0.25, 0.3) is 0 Å². The number of amides is 1. The molecule has 5 nitrogen and oxygen atoms in total. The second-order valence-electron chi connectivity index (χ2n) is 4.61. The summed E-state index contributed by atoms with van der Waals surface area (Å²) in [5.41, 5.74) is 6.86. The van der Waals surface area contributed by atoms with E-state index in [0.29, 0.717) is 24.0 Å². The number of aryl methyl sites for hydroxylation is 1. The van der Waals surface area contributed by atoms with Crippen molar-refractivity contribution in [2.24, 2.45) is 0 Å². The fourth-order valence-corrected chi connectivity index (χ4v) is 2.41. The highest BCUT2D eigenvalue weighted by Crippen LogP contribution is 2.21. The molecule has 1 aliphatic rings. The van der Waals surface area contributed by atoms with Gasteiger partial charge in [-0.15, -0.1) is 0 Å². The number of aromatic nitrogens is 2. The minimum atomic E-state index is 0.0223. The van der Waals surface area contributed by atoms with E-state index in [1.807, 2.05) is 11.8 Å². The molecule has 17 heavy (non-hydrogen) atoms. The average molecular weight is 236 g/mol. The van der Waals surface area contributed by atoms with Crippen LogP contribution in [0.5, 0.6) is 0 Å². The summed E-state index contributed by atoms with van der Waals surface area (Å²) in [4.78, 5) is 14.4. The van der Waals surface area contributed by atoms with E-state index in [1.54, 1.807) is 10.9 Å². The summed E-state index contributed by atoms with van der Waals surface area (Å²) in [7, 11) is 0. The monoisotopic (exact) mass is 236 g/mol. The van der Waals surface area contributed by atoms with Gasteiger partial charge in [0.25, 0.3) is 5.91 Å². The summed E-state index contributed by atoms with van der Waals surface area (Å²) < 4.78 is 1.68. The number of rotatable bonds is 2. The number of hydrogen-bond acceptors (Lipinski definition) is 3. The maximum atomic E-state index is 12.5. The third kappa shape index (κ3) is 2.14. The molecule has 0 aliphatic carbocycles. The molecule has 2 rings (SSSR count). The van der Waals surface area contributed by atoms with E-state index in [0.717, 1.165) is 19.4 Å². The van der Waals surface area contributed by atoms with Crippen LogP contribution in [0.4, 0.5) is 5.69 Å². The van der Waals surface area contributed by atoms with Crippen molar-refractivity contribution in [2.75, 3.05) is 12.3 Å². The minimum Gasteiger partial charge on any atom is -0.396 e. The Morgan fingerprint density at radius 2 is 2.35 bits per heavy atom. The second-order valence-corrected chi connectivity index (χ2v) is 4.61. The molecule has 1 unspecified atom stereocenters. The average Bonchev–Trinajstić information content (AvgIpc) is 2.70. The zero-order valence-electron chi connectivity index (χ0n) is 10.5. The molecular weight excluding hydrogens is 216 g/mol. The van der Waals surface area contributed by atoms with Gasteiger partial charge in [-0.3, -0.25) is 9.48 Å². The first-order chi connectivity index (χ1) is 8.15. The van der Waals surface area contributed by atoms with Gasteiger partial charge in [0.2, 0.25) is 0 Å². The zero-order chi connectivity index (χ0) is 12.4. The zero-order valence-corrected chi connectivity index (χ0v) is 10.5. The van der Waals surface area contributed by atoms with E-state index < -0.39 is 0 Å². The van der Waals surface area contributed by atoms with Gasteiger partial charge in [0, 0.05) is 19.1 Å². The number of nitrogen functional groups attached to an aromatic ring is 1. The van der Waals surface area contributed by atoms with Crippen molar-refractivity contribution in [1.29, 1.82) is 0 Å². The Hall–Kier alpha value is -1.52. The molecule has 0 spiro atoms. The number of piperidine rings is 1. The summed E-state index contributed by atoms with van der Waals surface area (Å²) in [6, 6.07) is 0.302. The topological polar surface area (TPSA) is 64.2 Å². The predicted molar refractivity (Wildman–Crippen MR) is 66.7 cm³/mol.